The highest BCUT2D eigenvalue weighted by Gasteiger charge is 2.16. The van der Waals surface area contributed by atoms with Crippen molar-refractivity contribution in [1.82, 2.24) is 9.97 Å². The second-order valence-corrected chi connectivity index (χ2v) is 5.45. The molecular weight excluding hydrogens is 262 g/mol. The molecule has 0 aliphatic carbocycles. The monoisotopic (exact) mass is 277 g/mol. The first kappa shape index (κ1) is 12.1. The lowest BCUT2D eigenvalue weighted by molar-refractivity contribution is 0.956. The van der Waals surface area contributed by atoms with Crippen molar-refractivity contribution in [1.29, 1.82) is 0 Å². The highest BCUT2D eigenvalue weighted by atomic mass is 16.1. The number of rotatable bonds is 1. The van der Waals surface area contributed by atoms with Gasteiger partial charge in [-0.1, -0.05) is 12.1 Å². The SMILES string of the molecule is CN1CCc2cc(-c3nc4ccccc4c(=O)[nH]3)ccc21. The first-order valence-electron chi connectivity index (χ1n) is 7.06. The number of para-hydroxylation sites is 1. The molecule has 0 radical (unpaired) electrons. The molecule has 1 aliphatic rings. The molecule has 2 aromatic carbocycles. The minimum atomic E-state index is -0.0896. The van der Waals surface area contributed by atoms with Crippen LogP contribution in [0.1, 0.15) is 5.56 Å². The molecule has 0 saturated carbocycles. The normalized spacial score (nSPS) is 13.7. The van der Waals surface area contributed by atoms with Gasteiger partial charge in [-0.2, -0.15) is 0 Å². The molecular formula is C17H15N3O. The van der Waals surface area contributed by atoms with Gasteiger partial charge in [0.05, 0.1) is 10.9 Å². The Bertz CT molecular complexity index is 898. The summed E-state index contributed by atoms with van der Waals surface area (Å²) in [5, 5.41) is 0.627. The van der Waals surface area contributed by atoms with Crippen molar-refractivity contribution >= 4 is 16.6 Å². The zero-order chi connectivity index (χ0) is 14.4. The third kappa shape index (κ3) is 1.91. The van der Waals surface area contributed by atoms with Gasteiger partial charge in [0.2, 0.25) is 0 Å². The standard InChI is InChI=1S/C17H15N3O/c1-20-9-8-11-10-12(6-7-15(11)20)16-18-14-5-3-2-4-13(14)17(21)19-16/h2-7,10H,8-9H2,1H3,(H,18,19,21). The second kappa shape index (κ2) is 4.45. The predicted octanol–water partition coefficient (Wildman–Crippen LogP) is 2.58. The van der Waals surface area contributed by atoms with E-state index in [-0.39, 0.29) is 5.56 Å². The van der Waals surface area contributed by atoms with Crippen molar-refractivity contribution < 1.29 is 0 Å². The zero-order valence-corrected chi connectivity index (χ0v) is 11.8. The average molecular weight is 277 g/mol. The molecule has 0 saturated heterocycles. The van der Waals surface area contributed by atoms with Gasteiger partial charge in [0, 0.05) is 24.8 Å². The van der Waals surface area contributed by atoms with E-state index in [1.54, 1.807) is 6.07 Å². The molecule has 4 rings (SSSR count). The number of nitrogens with zero attached hydrogens (tertiary/aromatic N) is 2. The van der Waals surface area contributed by atoms with Crippen LogP contribution in [-0.4, -0.2) is 23.6 Å². The van der Waals surface area contributed by atoms with E-state index < -0.39 is 0 Å². The smallest absolute Gasteiger partial charge is 0.259 e. The van der Waals surface area contributed by atoms with Crippen LogP contribution in [0.2, 0.25) is 0 Å². The summed E-state index contributed by atoms with van der Waals surface area (Å²) in [6.45, 7) is 1.04. The number of benzene rings is 2. The average Bonchev–Trinajstić information content (AvgIpc) is 2.88. The van der Waals surface area contributed by atoms with Crippen molar-refractivity contribution in [2.24, 2.45) is 0 Å². The number of hydrogen-bond donors (Lipinski definition) is 1. The van der Waals surface area contributed by atoms with Crippen LogP contribution >= 0.6 is 0 Å². The van der Waals surface area contributed by atoms with Gasteiger partial charge in [-0.25, -0.2) is 4.98 Å². The summed E-state index contributed by atoms with van der Waals surface area (Å²) in [4.78, 5) is 21.9. The predicted molar refractivity (Wildman–Crippen MR) is 84.8 cm³/mol. The number of nitrogens with one attached hydrogen (secondary N) is 1. The van der Waals surface area contributed by atoms with Crippen LogP contribution in [-0.2, 0) is 6.42 Å². The van der Waals surface area contributed by atoms with Gasteiger partial charge in [-0.05, 0) is 42.3 Å². The number of fused-ring (bicyclic) bond motifs is 2. The number of likely N-dealkylation sites (N-methyl/N-ethyl adjacent to an activating group) is 1. The van der Waals surface area contributed by atoms with E-state index in [1.807, 2.05) is 24.3 Å². The molecule has 0 spiro atoms. The quantitative estimate of drug-likeness (QED) is 0.743. The fourth-order valence-electron chi connectivity index (χ4n) is 2.94. The summed E-state index contributed by atoms with van der Waals surface area (Å²) in [5.74, 6) is 0.635. The fraction of sp³-hybridized carbons (Fsp3) is 0.176. The number of aromatic nitrogens is 2. The number of H-pyrrole nitrogens is 1. The van der Waals surface area contributed by atoms with Crippen LogP contribution in [0.25, 0.3) is 22.3 Å². The van der Waals surface area contributed by atoms with Crippen molar-refractivity contribution in [3.05, 3.63) is 58.4 Å². The molecule has 2 heterocycles. The molecule has 0 amide bonds. The minimum absolute atomic E-state index is 0.0896. The molecule has 0 bridgehead atoms. The van der Waals surface area contributed by atoms with Crippen LogP contribution in [0, 0.1) is 0 Å². The Morgan fingerprint density at radius 1 is 1.19 bits per heavy atom. The largest absolute Gasteiger partial charge is 0.374 e. The Hall–Kier alpha value is -2.62. The summed E-state index contributed by atoms with van der Waals surface area (Å²) in [7, 11) is 2.10. The van der Waals surface area contributed by atoms with Crippen LogP contribution in [0.5, 0.6) is 0 Å². The van der Waals surface area contributed by atoms with Gasteiger partial charge in [-0.15, -0.1) is 0 Å². The Balaban J connectivity index is 1.89. The molecule has 104 valence electrons. The Kier molecular flexibility index (Phi) is 2.57. The first-order chi connectivity index (χ1) is 10.2. The molecule has 0 atom stereocenters. The molecule has 4 heteroatoms. The topological polar surface area (TPSA) is 49.0 Å². The molecule has 21 heavy (non-hydrogen) atoms. The first-order valence-corrected chi connectivity index (χ1v) is 7.06. The van der Waals surface area contributed by atoms with Crippen LogP contribution < -0.4 is 10.5 Å². The number of hydrogen-bond acceptors (Lipinski definition) is 3. The Labute approximate surface area is 122 Å². The molecule has 3 aromatic rings. The van der Waals surface area contributed by atoms with E-state index in [0.29, 0.717) is 11.2 Å². The lowest BCUT2D eigenvalue weighted by atomic mass is 10.1. The van der Waals surface area contributed by atoms with Crippen molar-refractivity contribution in [2.45, 2.75) is 6.42 Å². The Morgan fingerprint density at radius 3 is 2.95 bits per heavy atom. The van der Waals surface area contributed by atoms with E-state index in [2.05, 4.69) is 34.0 Å². The lowest BCUT2D eigenvalue weighted by Crippen LogP contribution is -2.12. The third-order valence-electron chi connectivity index (χ3n) is 4.09. The maximum absolute atomic E-state index is 12.2. The van der Waals surface area contributed by atoms with E-state index in [4.69, 9.17) is 0 Å². The van der Waals surface area contributed by atoms with Crippen molar-refractivity contribution in [3.63, 3.8) is 0 Å². The van der Waals surface area contributed by atoms with E-state index >= 15 is 0 Å². The summed E-state index contributed by atoms with van der Waals surface area (Å²) in [6, 6.07) is 13.7. The zero-order valence-electron chi connectivity index (χ0n) is 11.8. The van der Waals surface area contributed by atoms with E-state index in [0.717, 1.165) is 24.0 Å². The maximum Gasteiger partial charge on any atom is 0.259 e. The van der Waals surface area contributed by atoms with Gasteiger partial charge in [0.25, 0.3) is 5.56 Å². The Morgan fingerprint density at radius 2 is 2.05 bits per heavy atom. The van der Waals surface area contributed by atoms with Crippen LogP contribution in [0.3, 0.4) is 0 Å². The number of aromatic amines is 1. The van der Waals surface area contributed by atoms with Crippen LogP contribution in [0.15, 0.2) is 47.3 Å². The van der Waals surface area contributed by atoms with Crippen molar-refractivity contribution in [2.75, 3.05) is 18.5 Å². The fourth-order valence-corrected chi connectivity index (χ4v) is 2.94. The summed E-state index contributed by atoms with van der Waals surface area (Å²) in [6.07, 6.45) is 1.04. The van der Waals surface area contributed by atoms with Gasteiger partial charge in [-0.3, -0.25) is 4.79 Å². The van der Waals surface area contributed by atoms with Gasteiger partial charge >= 0.3 is 0 Å². The molecule has 1 N–H and O–H groups in total. The van der Waals surface area contributed by atoms with Gasteiger partial charge in [0.15, 0.2) is 0 Å². The molecule has 0 unspecified atom stereocenters. The summed E-state index contributed by atoms with van der Waals surface area (Å²) in [5.41, 5.74) is 4.18. The molecule has 1 aromatic heterocycles. The van der Waals surface area contributed by atoms with Gasteiger partial charge in [0.1, 0.15) is 5.82 Å². The second-order valence-electron chi connectivity index (χ2n) is 5.45. The summed E-state index contributed by atoms with van der Waals surface area (Å²) < 4.78 is 0. The molecule has 0 fully saturated rings. The highest BCUT2D eigenvalue weighted by molar-refractivity contribution is 5.79. The van der Waals surface area contributed by atoms with E-state index in [1.165, 1.54) is 11.3 Å². The van der Waals surface area contributed by atoms with Crippen LogP contribution in [0.4, 0.5) is 5.69 Å². The van der Waals surface area contributed by atoms with Crippen molar-refractivity contribution in [3.8, 4) is 11.4 Å². The number of anilines is 1. The third-order valence-corrected chi connectivity index (χ3v) is 4.09. The van der Waals surface area contributed by atoms with Gasteiger partial charge < -0.3 is 9.88 Å². The molecule has 1 aliphatic heterocycles. The minimum Gasteiger partial charge on any atom is -0.374 e. The summed E-state index contributed by atoms with van der Waals surface area (Å²) >= 11 is 0. The highest BCUT2D eigenvalue weighted by Crippen LogP contribution is 2.30. The lowest BCUT2D eigenvalue weighted by Gasteiger charge is -2.12. The maximum atomic E-state index is 12.2. The molecule has 4 nitrogen and oxygen atoms in total. The van der Waals surface area contributed by atoms with E-state index in [9.17, 15) is 4.79 Å².